The zero-order valence-electron chi connectivity index (χ0n) is 8.54. The quantitative estimate of drug-likeness (QED) is 0.742. The van der Waals surface area contributed by atoms with Crippen LogP contribution >= 0.6 is 10.8 Å². The number of hydrogen-bond donors (Lipinski definition) is 3. The molecule has 0 amide bonds. The van der Waals surface area contributed by atoms with E-state index >= 15 is 0 Å². The summed E-state index contributed by atoms with van der Waals surface area (Å²) in [4.78, 5) is 10.7. The highest BCUT2D eigenvalue weighted by atomic mass is 32.3. The Hall–Kier alpha value is -1.24. The topological polar surface area (TPSA) is 81.0 Å². The minimum absolute atomic E-state index is 0.194. The molecular formula is C10H13NO4S. The van der Waals surface area contributed by atoms with E-state index < -0.39 is 16.7 Å². The second-order valence-electron chi connectivity index (χ2n) is 3.64. The van der Waals surface area contributed by atoms with Crippen molar-refractivity contribution in [2.75, 3.05) is 16.6 Å². The molecule has 0 atom stereocenters. The molecule has 1 aliphatic heterocycles. The van der Waals surface area contributed by atoms with Gasteiger partial charge in [-0.05, 0) is 30.7 Å². The summed E-state index contributed by atoms with van der Waals surface area (Å²) in [5, 5.41) is 8.74. The molecule has 5 nitrogen and oxygen atoms in total. The molecule has 0 radical (unpaired) electrons. The second kappa shape index (κ2) is 3.97. The third kappa shape index (κ3) is 1.99. The van der Waals surface area contributed by atoms with Crippen LogP contribution in [-0.4, -0.2) is 32.5 Å². The predicted octanol–water partition coefficient (Wildman–Crippen LogP) is 2.26. The zero-order valence-corrected chi connectivity index (χ0v) is 9.35. The fourth-order valence-electron chi connectivity index (χ4n) is 1.73. The van der Waals surface area contributed by atoms with E-state index in [0.29, 0.717) is 18.0 Å². The molecule has 1 fully saturated rings. The van der Waals surface area contributed by atoms with Gasteiger partial charge in [0.25, 0.3) is 0 Å². The lowest BCUT2D eigenvalue weighted by Gasteiger charge is -2.38. The smallest absolute Gasteiger partial charge is 0.335 e. The number of nitrogens with zero attached hydrogens (tertiary/aromatic N) is 1. The van der Waals surface area contributed by atoms with Gasteiger partial charge in [-0.15, -0.1) is 10.8 Å². The molecule has 0 aromatic heterocycles. The molecule has 0 saturated carbocycles. The van der Waals surface area contributed by atoms with Crippen LogP contribution in [0.1, 0.15) is 16.8 Å². The Kier molecular flexibility index (Phi) is 2.79. The molecule has 1 aliphatic rings. The lowest BCUT2D eigenvalue weighted by molar-refractivity contribution is 0.0697. The van der Waals surface area contributed by atoms with Gasteiger partial charge in [0.15, 0.2) is 0 Å². The van der Waals surface area contributed by atoms with Gasteiger partial charge < -0.3 is 5.11 Å². The summed E-state index contributed by atoms with van der Waals surface area (Å²) in [5.41, 5.74) is 0.849. The normalized spacial score (nSPS) is 20.8. The van der Waals surface area contributed by atoms with Crippen LogP contribution in [0.15, 0.2) is 24.3 Å². The third-order valence-corrected chi connectivity index (χ3v) is 4.47. The Balaban J connectivity index is 2.25. The predicted molar refractivity (Wildman–Crippen MR) is 63.1 cm³/mol. The van der Waals surface area contributed by atoms with Gasteiger partial charge in [0.1, 0.15) is 0 Å². The van der Waals surface area contributed by atoms with Crippen molar-refractivity contribution >= 4 is 22.4 Å². The van der Waals surface area contributed by atoms with Crippen LogP contribution in [0.25, 0.3) is 0 Å². The van der Waals surface area contributed by atoms with Crippen molar-refractivity contribution in [1.82, 2.24) is 0 Å². The van der Waals surface area contributed by atoms with Crippen LogP contribution in [-0.2, 0) is 0 Å². The van der Waals surface area contributed by atoms with Gasteiger partial charge in [-0.1, -0.05) is 0 Å². The molecule has 1 aromatic carbocycles. The summed E-state index contributed by atoms with van der Waals surface area (Å²) in [5.74, 6) is -0.604. The Bertz CT molecular complexity index is 404. The van der Waals surface area contributed by atoms with Crippen molar-refractivity contribution in [1.29, 1.82) is 0 Å². The molecule has 16 heavy (non-hydrogen) atoms. The van der Waals surface area contributed by atoms with Gasteiger partial charge in [0, 0.05) is 6.54 Å². The summed E-state index contributed by atoms with van der Waals surface area (Å²) in [6, 6.07) is 6.13. The summed E-state index contributed by atoms with van der Waals surface area (Å²) >= 11 is 0. The molecule has 1 aromatic rings. The van der Waals surface area contributed by atoms with Gasteiger partial charge in [-0.3, -0.25) is 13.4 Å². The first-order valence-corrected chi connectivity index (χ1v) is 6.55. The zero-order chi connectivity index (χ0) is 11.8. The summed E-state index contributed by atoms with van der Waals surface area (Å²) in [6.45, 7) is 0.592. The molecule has 1 heterocycles. The van der Waals surface area contributed by atoms with Crippen molar-refractivity contribution in [3.63, 3.8) is 0 Å². The van der Waals surface area contributed by atoms with Crippen LogP contribution in [0.2, 0.25) is 0 Å². The van der Waals surface area contributed by atoms with Gasteiger partial charge in [-0.25, -0.2) is 4.79 Å². The monoisotopic (exact) mass is 243 g/mol. The van der Waals surface area contributed by atoms with Crippen LogP contribution in [0.3, 0.4) is 0 Å². The number of benzene rings is 1. The summed E-state index contributed by atoms with van der Waals surface area (Å²) in [6.07, 6.45) is 0.739. The standard InChI is InChI=1S/C10H13NO4S/c12-10(13)8-2-4-9(5-3-8)11-6-1-7-16(11,14)15/h2-5,14-15H,1,6-7H2,(H,12,13). The number of anilines is 1. The average Bonchev–Trinajstić information content (AvgIpc) is 2.58. The summed E-state index contributed by atoms with van der Waals surface area (Å²) in [7, 11) is -2.69. The van der Waals surface area contributed by atoms with E-state index in [9.17, 15) is 13.9 Å². The first-order valence-electron chi connectivity index (χ1n) is 4.88. The van der Waals surface area contributed by atoms with Crippen LogP contribution in [0.5, 0.6) is 0 Å². The largest absolute Gasteiger partial charge is 0.478 e. The lowest BCUT2D eigenvalue weighted by atomic mass is 10.2. The van der Waals surface area contributed by atoms with Crippen LogP contribution in [0.4, 0.5) is 5.69 Å². The molecule has 6 heteroatoms. The Labute approximate surface area is 94.8 Å². The highest BCUT2D eigenvalue weighted by molar-refractivity contribution is 8.25. The number of rotatable bonds is 2. The molecule has 0 unspecified atom stereocenters. The fourth-order valence-corrected chi connectivity index (χ4v) is 3.34. The molecular weight excluding hydrogens is 230 g/mol. The van der Waals surface area contributed by atoms with Gasteiger partial charge in [-0.2, -0.15) is 0 Å². The minimum Gasteiger partial charge on any atom is -0.478 e. The van der Waals surface area contributed by atoms with Gasteiger partial charge in [0.2, 0.25) is 0 Å². The van der Waals surface area contributed by atoms with E-state index in [1.165, 1.54) is 12.1 Å². The number of hydrogen-bond acceptors (Lipinski definition) is 4. The Morgan fingerprint density at radius 1 is 1.25 bits per heavy atom. The Morgan fingerprint density at radius 2 is 1.88 bits per heavy atom. The highest BCUT2D eigenvalue weighted by Crippen LogP contribution is 2.50. The van der Waals surface area contributed by atoms with E-state index in [1.807, 2.05) is 0 Å². The molecule has 2 rings (SSSR count). The molecule has 88 valence electrons. The van der Waals surface area contributed by atoms with Gasteiger partial charge >= 0.3 is 5.97 Å². The fraction of sp³-hybridized carbons (Fsp3) is 0.300. The van der Waals surface area contributed by atoms with Crippen molar-refractivity contribution in [2.45, 2.75) is 6.42 Å². The maximum atomic E-state index is 10.7. The highest BCUT2D eigenvalue weighted by Gasteiger charge is 2.28. The molecule has 1 saturated heterocycles. The first-order chi connectivity index (χ1) is 7.50. The lowest BCUT2D eigenvalue weighted by Crippen LogP contribution is -2.21. The number of carboxylic acid groups (broad SMARTS) is 1. The number of carboxylic acids is 1. The van der Waals surface area contributed by atoms with Crippen molar-refractivity contribution in [3.05, 3.63) is 29.8 Å². The van der Waals surface area contributed by atoms with E-state index in [-0.39, 0.29) is 5.56 Å². The van der Waals surface area contributed by atoms with Crippen molar-refractivity contribution in [2.24, 2.45) is 0 Å². The molecule has 0 spiro atoms. The molecule has 0 aliphatic carbocycles. The van der Waals surface area contributed by atoms with Gasteiger partial charge in [0.05, 0.1) is 17.0 Å². The first kappa shape index (κ1) is 11.3. The van der Waals surface area contributed by atoms with E-state index in [1.54, 1.807) is 16.4 Å². The van der Waals surface area contributed by atoms with Crippen LogP contribution < -0.4 is 4.31 Å². The Morgan fingerprint density at radius 3 is 2.31 bits per heavy atom. The van der Waals surface area contributed by atoms with Crippen molar-refractivity contribution < 1.29 is 19.0 Å². The minimum atomic E-state index is -2.69. The number of carbonyl (C=O) groups is 1. The van der Waals surface area contributed by atoms with Crippen LogP contribution in [0, 0.1) is 0 Å². The molecule has 3 N–H and O–H groups in total. The maximum absolute atomic E-state index is 10.7. The maximum Gasteiger partial charge on any atom is 0.335 e. The third-order valence-electron chi connectivity index (χ3n) is 2.53. The average molecular weight is 243 g/mol. The number of aromatic carboxylic acids is 1. The van der Waals surface area contributed by atoms with Crippen molar-refractivity contribution in [3.8, 4) is 0 Å². The SMILES string of the molecule is O=C(O)c1ccc(N2CCCS2(O)O)cc1. The van der Waals surface area contributed by atoms with E-state index in [4.69, 9.17) is 5.11 Å². The van der Waals surface area contributed by atoms with E-state index in [0.717, 1.165) is 6.42 Å². The summed E-state index contributed by atoms with van der Waals surface area (Å²) < 4.78 is 21.0. The second-order valence-corrected chi connectivity index (χ2v) is 5.76. The molecule has 0 bridgehead atoms. The van der Waals surface area contributed by atoms with E-state index in [2.05, 4.69) is 0 Å².